The van der Waals surface area contributed by atoms with Gasteiger partial charge in [-0.1, -0.05) is 0 Å². The van der Waals surface area contributed by atoms with Crippen molar-refractivity contribution in [2.75, 3.05) is 24.6 Å². The lowest BCUT2D eigenvalue weighted by molar-refractivity contribution is 0.0898. The molecule has 0 spiro atoms. The molecule has 1 aromatic rings. The van der Waals surface area contributed by atoms with Crippen molar-refractivity contribution in [1.29, 1.82) is 0 Å². The van der Waals surface area contributed by atoms with Crippen LogP contribution in [0.1, 0.15) is 29.6 Å². The van der Waals surface area contributed by atoms with Crippen LogP contribution in [0.2, 0.25) is 0 Å². The van der Waals surface area contributed by atoms with Gasteiger partial charge in [-0.15, -0.1) is 0 Å². The predicted molar refractivity (Wildman–Crippen MR) is 83.4 cm³/mol. The van der Waals surface area contributed by atoms with E-state index >= 15 is 0 Å². The third kappa shape index (κ3) is 3.64. The number of nitrogens with one attached hydrogen (secondary N) is 1. The van der Waals surface area contributed by atoms with Crippen molar-refractivity contribution in [3.8, 4) is 0 Å². The zero-order valence-electron chi connectivity index (χ0n) is 11.8. The summed E-state index contributed by atoms with van der Waals surface area (Å²) >= 11 is 1.52. The molecule has 1 atom stereocenters. The van der Waals surface area contributed by atoms with Crippen molar-refractivity contribution in [3.63, 3.8) is 0 Å². The first kappa shape index (κ1) is 15.0. The van der Waals surface area contributed by atoms with Crippen molar-refractivity contribution in [2.45, 2.75) is 31.3 Å². The molecular formula is C14H20N2O3S2. The first-order valence-corrected chi connectivity index (χ1v) is 10.1. The van der Waals surface area contributed by atoms with Gasteiger partial charge >= 0.3 is 0 Å². The molecule has 2 aliphatic heterocycles. The van der Waals surface area contributed by atoms with Crippen molar-refractivity contribution >= 4 is 27.1 Å². The molecule has 1 amide bonds. The summed E-state index contributed by atoms with van der Waals surface area (Å²) in [6, 6.07) is 2.22. The summed E-state index contributed by atoms with van der Waals surface area (Å²) in [6.45, 7) is 1.74. The fraction of sp³-hybridized carbons (Fsp3) is 0.643. The molecule has 0 saturated carbocycles. The minimum absolute atomic E-state index is 0.00172. The molecule has 0 bridgehead atoms. The minimum atomic E-state index is -2.82. The van der Waals surface area contributed by atoms with Gasteiger partial charge in [0.25, 0.3) is 5.91 Å². The largest absolute Gasteiger partial charge is 0.349 e. The molecule has 0 aliphatic carbocycles. The zero-order chi connectivity index (χ0) is 14.9. The lowest BCUT2D eigenvalue weighted by atomic mass is 10.0. The van der Waals surface area contributed by atoms with Gasteiger partial charge in [0, 0.05) is 36.1 Å². The van der Waals surface area contributed by atoms with E-state index in [4.69, 9.17) is 0 Å². The normalized spacial score (nSPS) is 26.8. The fourth-order valence-corrected chi connectivity index (χ4v) is 5.53. The van der Waals surface area contributed by atoms with Gasteiger partial charge in [0.05, 0.1) is 11.5 Å². The first-order valence-electron chi connectivity index (χ1n) is 7.31. The van der Waals surface area contributed by atoms with E-state index in [-0.39, 0.29) is 18.0 Å². The highest BCUT2D eigenvalue weighted by Gasteiger charge is 2.34. The molecule has 1 aromatic heterocycles. The Balaban J connectivity index is 1.48. The lowest BCUT2D eigenvalue weighted by Gasteiger charge is -2.35. The van der Waals surface area contributed by atoms with Gasteiger partial charge in [0.15, 0.2) is 9.84 Å². The maximum absolute atomic E-state index is 12.0. The Kier molecular flexibility index (Phi) is 4.33. The van der Waals surface area contributed by atoms with E-state index in [9.17, 15) is 13.2 Å². The van der Waals surface area contributed by atoms with E-state index < -0.39 is 9.84 Å². The number of nitrogens with zero attached hydrogens (tertiary/aromatic N) is 1. The van der Waals surface area contributed by atoms with Crippen LogP contribution in [-0.2, 0) is 9.84 Å². The highest BCUT2D eigenvalue weighted by atomic mass is 32.2. The quantitative estimate of drug-likeness (QED) is 0.903. The molecule has 2 aliphatic rings. The second-order valence-electron chi connectivity index (χ2n) is 5.85. The third-order valence-electron chi connectivity index (χ3n) is 4.37. The second-order valence-corrected chi connectivity index (χ2v) is 8.86. The van der Waals surface area contributed by atoms with Gasteiger partial charge in [0.2, 0.25) is 0 Å². The highest BCUT2D eigenvalue weighted by Crippen LogP contribution is 2.22. The van der Waals surface area contributed by atoms with Crippen LogP contribution >= 0.6 is 11.3 Å². The Labute approximate surface area is 129 Å². The predicted octanol–water partition coefficient (Wildman–Crippen LogP) is 1.13. The number of likely N-dealkylation sites (tertiary alicyclic amines) is 1. The van der Waals surface area contributed by atoms with Gasteiger partial charge in [-0.05, 0) is 30.7 Å². The van der Waals surface area contributed by atoms with Crippen LogP contribution in [0, 0.1) is 0 Å². The Morgan fingerprint density at radius 3 is 2.62 bits per heavy atom. The van der Waals surface area contributed by atoms with Crippen LogP contribution in [0.5, 0.6) is 0 Å². The van der Waals surface area contributed by atoms with Crippen molar-refractivity contribution in [2.24, 2.45) is 0 Å². The van der Waals surface area contributed by atoms with Gasteiger partial charge in [-0.25, -0.2) is 8.42 Å². The van der Waals surface area contributed by atoms with Crippen LogP contribution in [-0.4, -0.2) is 55.9 Å². The minimum Gasteiger partial charge on any atom is -0.349 e. The van der Waals surface area contributed by atoms with Gasteiger partial charge in [-0.3, -0.25) is 9.69 Å². The van der Waals surface area contributed by atoms with Gasteiger partial charge < -0.3 is 5.32 Å². The van der Waals surface area contributed by atoms with Crippen LogP contribution in [0.3, 0.4) is 0 Å². The third-order valence-corrected chi connectivity index (χ3v) is 6.81. The number of rotatable bonds is 3. The molecular weight excluding hydrogens is 308 g/mol. The highest BCUT2D eigenvalue weighted by molar-refractivity contribution is 7.91. The average molecular weight is 328 g/mol. The molecule has 3 rings (SSSR count). The van der Waals surface area contributed by atoms with E-state index in [2.05, 4.69) is 10.2 Å². The molecule has 1 N–H and O–H groups in total. The van der Waals surface area contributed by atoms with Gasteiger partial charge in [-0.2, -0.15) is 11.3 Å². The number of hydrogen-bond donors (Lipinski definition) is 1. The smallest absolute Gasteiger partial charge is 0.252 e. The van der Waals surface area contributed by atoms with Crippen LogP contribution in [0.15, 0.2) is 16.8 Å². The summed E-state index contributed by atoms with van der Waals surface area (Å²) in [4.78, 5) is 14.3. The van der Waals surface area contributed by atoms with Crippen molar-refractivity contribution < 1.29 is 13.2 Å². The second kappa shape index (κ2) is 6.06. The summed E-state index contributed by atoms with van der Waals surface area (Å²) in [5, 5.41) is 6.83. The van der Waals surface area contributed by atoms with Crippen LogP contribution in [0.25, 0.3) is 0 Å². The number of carbonyl (C=O) groups is 1. The summed E-state index contributed by atoms with van der Waals surface area (Å²) in [7, 11) is -2.82. The van der Waals surface area contributed by atoms with Crippen LogP contribution < -0.4 is 5.32 Å². The van der Waals surface area contributed by atoms with E-state index in [1.54, 1.807) is 0 Å². The number of piperidine rings is 1. The molecule has 2 fully saturated rings. The summed E-state index contributed by atoms with van der Waals surface area (Å²) in [5.41, 5.74) is 0.726. The van der Waals surface area contributed by atoms with E-state index in [0.29, 0.717) is 11.5 Å². The topological polar surface area (TPSA) is 66.5 Å². The van der Waals surface area contributed by atoms with E-state index in [1.165, 1.54) is 11.3 Å². The molecule has 2 saturated heterocycles. The van der Waals surface area contributed by atoms with Gasteiger partial charge in [0.1, 0.15) is 0 Å². The van der Waals surface area contributed by atoms with E-state index in [1.807, 2.05) is 16.8 Å². The number of amides is 1. The molecule has 21 heavy (non-hydrogen) atoms. The number of carbonyl (C=O) groups excluding carboxylic acids is 1. The standard InChI is InChI=1S/C14H20N2O3S2/c17-14(11-3-7-20-9-11)15-12-1-5-16(6-2-12)13-4-8-21(18,19)10-13/h3,7,9,12-13H,1-2,4-6,8,10H2,(H,15,17)/t13-/m0/s1. The first-order chi connectivity index (χ1) is 10.0. The molecule has 0 unspecified atom stereocenters. The molecule has 3 heterocycles. The number of hydrogen-bond acceptors (Lipinski definition) is 5. The van der Waals surface area contributed by atoms with Crippen LogP contribution in [0.4, 0.5) is 0 Å². The Hall–Kier alpha value is -0.920. The Morgan fingerprint density at radius 2 is 2.05 bits per heavy atom. The zero-order valence-corrected chi connectivity index (χ0v) is 13.5. The maximum atomic E-state index is 12.0. The molecule has 0 radical (unpaired) electrons. The average Bonchev–Trinajstić information content (AvgIpc) is 3.09. The number of sulfone groups is 1. The van der Waals surface area contributed by atoms with E-state index in [0.717, 1.165) is 37.9 Å². The summed E-state index contributed by atoms with van der Waals surface area (Å²) in [5.74, 6) is 0.629. The lowest BCUT2D eigenvalue weighted by Crippen LogP contribution is -2.48. The monoisotopic (exact) mass is 328 g/mol. The Morgan fingerprint density at radius 1 is 1.29 bits per heavy atom. The molecule has 5 nitrogen and oxygen atoms in total. The SMILES string of the molecule is O=C(NC1CCN([C@H]2CCS(=O)(=O)C2)CC1)c1ccsc1. The summed E-state index contributed by atoms with van der Waals surface area (Å²) < 4.78 is 23.1. The number of thiophene rings is 1. The molecule has 7 heteroatoms. The summed E-state index contributed by atoms with van der Waals surface area (Å²) in [6.07, 6.45) is 2.55. The van der Waals surface area contributed by atoms with Crippen molar-refractivity contribution in [1.82, 2.24) is 10.2 Å². The Bertz CT molecular complexity index is 590. The maximum Gasteiger partial charge on any atom is 0.252 e. The van der Waals surface area contributed by atoms with Crippen molar-refractivity contribution in [3.05, 3.63) is 22.4 Å². The fourth-order valence-electron chi connectivity index (χ4n) is 3.13. The molecule has 0 aromatic carbocycles. The molecule has 116 valence electrons.